The summed E-state index contributed by atoms with van der Waals surface area (Å²) in [5.41, 5.74) is 4.96. The maximum absolute atomic E-state index is 12.8. The Labute approximate surface area is 159 Å². The van der Waals surface area contributed by atoms with Crippen molar-refractivity contribution in [1.82, 2.24) is 10.3 Å². The zero-order chi connectivity index (χ0) is 18.3. The molecule has 2 amide bonds. The second-order valence-corrected chi connectivity index (χ2v) is 8.62. The van der Waals surface area contributed by atoms with Crippen LogP contribution in [0, 0.1) is 5.92 Å². The van der Waals surface area contributed by atoms with Crippen LogP contribution in [0.5, 0.6) is 0 Å². The van der Waals surface area contributed by atoms with E-state index >= 15 is 0 Å². The van der Waals surface area contributed by atoms with Crippen molar-refractivity contribution in [3.05, 3.63) is 45.3 Å². The molecule has 0 unspecified atom stereocenters. The van der Waals surface area contributed by atoms with Crippen molar-refractivity contribution < 1.29 is 9.59 Å². The zero-order valence-corrected chi connectivity index (χ0v) is 16.2. The van der Waals surface area contributed by atoms with Gasteiger partial charge in [-0.2, -0.15) is 0 Å². The first-order chi connectivity index (χ1) is 12.6. The molecule has 5 nitrogen and oxygen atoms in total. The molecule has 1 aliphatic carbocycles. The van der Waals surface area contributed by atoms with E-state index in [-0.39, 0.29) is 11.8 Å². The highest BCUT2D eigenvalue weighted by Crippen LogP contribution is 2.39. The predicted molar refractivity (Wildman–Crippen MR) is 106 cm³/mol. The van der Waals surface area contributed by atoms with Crippen LogP contribution in [0.2, 0.25) is 0 Å². The molecule has 0 saturated heterocycles. The van der Waals surface area contributed by atoms with E-state index in [1.165, 1.54) is 27.6 Å². The lowest BCUT2D eigenvalue weighted by Crippen LogP contribution is -2.22. The third-order valence-corrected chi connectivity index (χ3v) is 6.75. The molecule has 7 heteroatoms. The normalized spacial score (nSPS) is 16.3. The van der Waals surface area contributed by atoms with Gasteiger partial charge >= 0.3 is 0 Å². The van der Waals surface area contributed by atoms with Crippen molar-refractivity contribution in [2.24, 2.45) is 5.92 Å². The largest absolute Gasteiger partial charge is 0.355 e. The molecule has 0 fully saturated rings. The van der Waals surface area contributed by atoms with Crippen LogP contribution in [0.25, 0.3) is 10.2 Å². The molecule has 1 aromatic carbocycles. The number of anilines is 1. The van der Waals surface area contributed by atoms with Crippen molar-refractivity contribution in [1.29, 1.82) is 0 Å². The number of fused-ring (bicyclic) bond motifs is 2. The molecule has 0 radical (unpaired) electrons. The SMILES string of the molecule is CNC(=O)c1c(NC(=O)c2ccc3ncsc3c2)sc2c1CC[C@@H](C)C2. The molecule has 0 bridgehead atoms. The van der Waals surface area contributed by atoms with E-state index in [0.29, 0.717) is 22.0 Å². The van der Waals surface area contributed by atoms with Gasteiger partial charge in [-0.15, -0.1) is 22.7 Å². The first-order valence-electron chi connectivity index (χ1n) is 8.58. The van der Waals surface area contributed by atoms with Crippen molar-refractivity contribution in [2.45, 2.75) is 26.2 Å². The first kappa shape index (κ1) is 17.2. The highest BCUT2D eigenvalue weighted by atomic mass is 32.1. The summed E-state index contributed by atoms with van der Waals surface area (Å²) in [7, 11) is 1.63. The number of carbonyl (C=O) groups excluding carboxylic acids is 2. The van der Waals surface area contributed by atoms with Gasteiger partial charge < -0.3 is 10.6 Å². The summed E-state index contributed by atoms with van der Waals surface area (Å²) in [4.78, 5) is 30.7. The Bertz CT molecular complexity index is 1010. The van der Waals surface area contributed by atoms with Crippen molar-refractivity contribution in [3.63, 3.8) is 0 Å². The fourth-order valence-electron chi connectivity index (χ4n) is 3.38. The summed E-state index contributed by atoms with van der Waals surface area (Å²) < 4.78 is 0.975. The van der Waals surface area contributed by atoms with Gasteiger partial charge in [0.25, 0.3) is 11.8 Å². The van der Waals surface area contributed by atoms with Crippen molar-refractivity contribution >= 4 is 49.7 Å². The van der Waals surface area contributed by atoms with Crippen LogP contribution in [0.4, 0.5) is 5.00 Å². The van der Waals surface area contributed by atoms with Crippen LogP contribution in [-0.4, -0.2) is 23.8 Å². The van der Waals surface area contributed by atoms with Crippen LogP contribution in [0.1, 0.15) is 44.5 Å². The summed E-state index contributed by atoms with van der Waals surface area (Å²) in [6.45, 7) is 2.23. The number of hydrogen-bond donors (Lipinski definition) is 2. The van der Waals surface area contributed by atoms with Gasteiger partial charge in [-0.3, -0.25) is 9.59 Å². The van der Waals surface area contributed by atoms with Gasteiger partial charge in [-0.05, 0) is 48.9 Å². The summed E-state index contributed by atoms with van der Waals surface area (Å²) in [5, 5.41) is 6.34. The highest BCUT2D eigenvalue weighted by molar-refractivity contribution is 7.17. The Morgan fingerprint density at radius 2 is 2.12 bits per heavy atom. The number of carbonyl (C=O) groups is 2. The minimum absolute atomic E-state index is 0.134. The Morgan fingerprint density at radius 3 is 2.92 bits per heavy atom. The molecule has 4 rings (SSSR count). The predicted octanol–water partition coefficient (Wildman–Crippen LogP) is 4.09. The van der Waals surface area contributed by atoms with Crippen LogP contribution in [0.15, 0.2) is 23.7 Å². The topological polar surface area (TPSA) is 71.1 Å². The molecule has 1 atom stereocenters. The Kier molecular flexibility index (Phi) is 4.50. The van der Waals surface area contributed by atoms with Crippen LogP contribution in [0.3, 0.4) is 0 Å². The summed E-state index contributed by atoms with van der Waals surface area (Å²) in [5.74, 6) is 0.276. The number of amides is 2. The number of thiazole rings is 1. The third-order valence-electron chi connectivity index (χ3n) is 4.79. The minimum Gasteiger partial charge on any atom is -0.355 e. The molecule has 2 aromatic heterocycles. The van der Waals surface area contributed by atoms with Gasteiger partial charge in [0.15, 0.2) is 0 Å². The van der Waals surface area contributed by atoms with E-state index in [1.54, 1.807) is 18.6 Å². The molecule has 134 valence electrons. The average molecular weight is 386 g/mol. The number of hydrogen-bond acceptors (Lipinski definition) is 5. The van der Waals surface area contributed by atoms with Crippen LogP contribution in [-0.2, 0) is 12.8 Å². The van der Waals surface area contributed by atoms with E-state index in [0.717, 1.165) is 35.0 Å². The van der Waals surface area contributed by atoms with Gasteiger partial charge in [0.1, 0.15) is 5.00 Å². The first-order valence-corrected chi connectivity index (χ1v) is 10.3. The van der Waals surface area contributed by atoms with Gasteiger partial charge in [0.2, 0.25) is 0 Å². The number of thiophene rings is 1. The van der Waals surface area contributed by atoms with Crippen molar-refractivity contribution in [2.75, 3.05) is 12.4 Å². The second-order valence-electron chi connectivity index (χ2n) is 6.62. The Morgan fingerprint density at radius 1 is 1.27 bits per heavy atom. The quantitative estimate of drug-likeness (QED) is 0.713. The van der Waals surface area contributed by atoms with E-state index in [2.05, 4.69) is 22.5 Å². The standard InChI is InChI=1S/C19H19N3O2S2/c1-10-3-5-12-14(7-10)26-19(16(12)18(24)20-2)22-17(23)11-4-6-13-15(8-11)25-9-21-13/h4,6,8-10H,3,5,7H2,1-2H3,(H,20,24)(H,22,23)/t10-/m1/s1. The molecular formula is C19H19N3O2S2. The molecule has 0 saturated carbocycles. The molecule has 2 N–H and O–H groups in total. The van der Waals surface area contributed by atoms with Gasteiger partial charge in [0.05, 0.1) is 21.3 Å². The second kappa shape index (κ2) is 6.81. The molecular weight excluding hydrogens is 366 g/mol. The van der Waals surface area contributed by atoms with E-state index < -0.39 is 0 Å². The number of benzene rings is 1. The Hall–Kier alpha value is -2.25. The summed E-state index contributed by atoms with van der Waals surface area (Å²) in [6.07, 6.45) is 2.92. The highest BCUT2D eigenvalue weighted by Gasteiger charge is 2.28. The molecule has 2 heterocycles. The number of nitrogens with zero attached hydrogens (tertiary/aromatic N) is 1. The monoisotopic (exact) mass is 385 g/mol. The van der Waals surface area contributed by atoms with Crippen LogP contribution < -0.4 is 10.6 Å². The lowest BCUT2D eigenvalue weighted by atomic mass is 9.88. The number of nitrogens with one attached hydrogen (secondary N) is 2. The van der Waals surface area contributed by atoms with E-state index in [1.807, 2.05) is 12.1 Å². The molecule has 0 spiro atoms. The molecule has 0 aliphatic heterocycles. The van der Waals surface area contributed by atoms with Gasteiger partial charge in [0, 0.05) is 17.5 Å². The smallest absolute Gasteiger partial charge is 0.256 e. The molecule has 1 aliphatic rings. The number of rotatable bonds is 3. The third kappa shape index (κ3) is 3.01. The van der Waals surface area contributed by atoms with Crippen LogP contribution >= 0.6 is 22.7 Å². The maximum atomic E-state index is 12.8. The van der Waals surface area contributed by atoms with Gasteiger partial charge in [-0.25, -0.2) is 4.98 Å². The fraction of sp³-hybridized carbons (Fsp3) is 0.316. The summed E-state index contributed by atoms with van der Waals surface area (Å²) >= 11 is 3.04. The molecule has 3 aromatic rings. The van der Waals surface area contributed by atoms with E-state index in [9.17, 15) is 9.59 Å². The number of aromatic nitrogens is 1. The maximum Gasteiger partial charge on any atom is 0.256 e. The molecule has 26 heavy (non-hydrogen) atoms. The minimum atomic E-state index is -0.197. The lowest BCUT2D eigenvalue weighted by Gasteiger charge is -2.18. The summed E-state index contributed by atoms with van der Waals surface area (Å²) in [6, 6.07) is 5.46. The fourth-order valence-corrected chi connectivity index (χ4v) is 5.50. The van der Waals surface area contributed by atoms with Crippen molar-refractivity contribution in [3.8, 4) is 0 Å². The lowest BCUT2D eigenvalue weighted by molar-refractivity contribution is 0.0963. The average Bonchev–Trinajstić information content (AvgIpc) is 3.23. The Balaban J connectivity index is 1.68. The van der Waals surface area contributed by atoms with E-state index in [4.69, 9.17) is 0 Å². The van der Waals surface area contributed by atoms with Gasteiger partial charge in [-0.1, -0.05) is 6.92 Å². The zero-order valence-electron chi connectivity index (χ0n) is 14.6.